The first-order valence-electron chi connectivity index (χ1n) is 19.3. The summed E-state index contributed by atoms with van der Waals surface area (Å²) in [6.07, 6.45) is -17.4. The normalized spacial score (nSPS) is 33.6. The molecule has 3 fully saturated rings. The molecule has 16 N–H and O–H groups in total. The van der Waals surface area contributed by atoms with Crippen LogP contribution in [0, 0.1) is 19.8 Å². The van der Waals surface area contributed by atoms with Gasteiger partial charge in [-0.2, -0.15) is 0 Å². The molecule has 1 aromatic carbocycles. The number of benzene rings is 1. The van der Waals surface area contributed by atoms with Crippen LogP contribution in [0.25, 0.3) is 0 Å². The lowest BCUT2D eigenvalue weighted by Crippen LogP contribution is -2.64. The third-order valence-electron chi connectivity index (χ3n) is 11.2. The maximum atomic E-state index is 14.3. The summed E-state index contributed by atoms with van der Waals surface area (Å²) >= 11 is 0. The van der Waals surface area contributed by atoms with Gasteiger partial charge in [0.2, 0.25) is 41.4 Å². The van der Waals surface area contributed by atoms with Crippen molar-refractivity contribution in [3.63, 3.8) is 0 Å². The zero-order valence-corrected chi connectivity index (χ0v) is 33.4. The van der Waals surface area contributed by atoms with E-state index in [0.717, 1.165) is 17.4 Å². The van der Waals surface area contributed by atoms with Gasteiger partial charge in [-0.3, -0.25) is 33.6 Å². The molecule has 1 aromatic rings. The van der Waals surface area contributed by atoms with Gasteiger partial charge < -0.3 is 83.4 Å². The van der Waals surface area contributed by atoms with Crippen molar-refractivity contribution in [3.8, 4) is 0 Å². The van der Waals surface area contributed by atoms with Gasteiger partial charge in [0.25, 0.3) is 0 Å². The largest absolute Gasteiger partial charge is 0.391 e. The highest BCUT2D eigenvalue weighted by Crippen LogP contribution is 2.28. The molecule has 60 heavy (non-hydrogen) atoms. The minimum absolute atomic E-state index is 0.0689. The Kier molecular flexibility index (Phi) is 15.7. The Bertz CT molecular complexity index is 1800. The minimum atomic E-state index is -2.26. The summed E-state index contributed by atoms with van der Waals surface area (Å²) in [5.41, 5.74) is 12.8. The van der Waals surface area contributed by atoms with Crippen molar-refractivity contribution in [2.24, 2.45) is 17.4 Å². The Hall–Kier alpha value is -4.85. The Morgan fingerprint density at radius 3 is 1.98 bits per heavy atom. The molecule has 7 amide bonds. The number of nitrogens with one attached hydrogen (secondary N) is 4. The fourth-order valence-electron chi connectivity index (χ4n) is 7.46. The molecule has 3 aliphatic rings. The average molecular weight is 853 g/mol. The van der Waals surface area contributed by atoms with E-state index in [2.05, 4.69) is 16.0 Å². The monoisotopic (exact) mass is 852 g/mol. The van der Waals surface area contributed by atoms with Crippen molar-refractivity contribution < 1.29 is 74.4 Å². The molecule has 0 saturated carbocycles. The van der Waals surface area contributed by atoms with Gasteiger partial charge in [0, 0.05) is 31.8 Å². The van der Waals surface area contributed by atoms with Gasteiger partial charge in [0.15, 0.2) is 6.23 Å². The molecule has 0 spiro atoms. The lowest BCUT2D eigenvalue weighted by Gasteiger charge is -2.34. The van der Waals surface area contributed by atoms with Crippen LogP contribution in [0.15, 0.2) is 18.2 Å². The number of nitrogens with zero attached hydrogens (tertiary/aromatic N) is 2. The fourth-order valence-corrected chi connectivity index (χ4v) is 7.46. The van der Waals surface area contributed by atoms with E-state index in [1.54, 1.807) is 19.9 Å². The van der Waals surface area contributed by atoms with Crippen molar-refractivity contribution in [2.75, 3.05) is 13.1 Å². The Morgan fingerprint density at radius 2 is 1.38 bits per heavy atom. The summed E-state index contributed by atoms with van der Waals surface area (Å²) in [5, 5.41) is 96.4. The summed E-state index contributed by atoms with van der Waals surface area (Å²) in [7, 11) is 0. The maximum absolute atomic E-state index is 14.3. The van der Waals surface area contributed by atoms with Crippen LogP contribution in [-0.4, -0.2) is 184 Å². The summed E-state index contributed by atoms with van der Waals surface area (Å²) in [6, 6.07) is -6.99. The molecular weight excluding hydrogens is 796 g/mol. The second kappa shape index (κ2) is 19.7. The van der Waals surface area contributed by atoms with E-state index in [1.807, 2.05) is 5.32 Å². The molecule has 3 aliphatic heterocycles. The first-order valence-corrected chi connectivity index (χ1v) is 19.3. The quantitative estimate of drug-likeness (QED) is 0.121. The highest BCUT2D eigenvalue weighted by molar-refractivity contribution is 5.98. The lowest BCUT2D eigenvalue weighted by atomic mass is 9.94. The van der Waals surface area contributed by atoms with Crippen LogP contribution in [0.3, 0.4) is 0 Å². The number of aliphatic hydroxyl groups is 8. The van der Waals surface area contributed by atoms with Gasteiger partial charge >= 0.3 is 0 Å². The van der Waals surface area contributed by atoms with E-state index in [4.69, 9.17) is 11.5 Å². The van der Waals surface area contributed by atoms with Gasteiger partial charge in [-0.1, -0.05) is 25.1 Å². The second-order valence-corrected chi connectivity index (χ2v) is 15.9. The molecule has 3 heterocycles. The molecule has 4 rings (SSSR count). The highest BCUT2D eigenvalue weighted by Gasteiger charge is 2.50. The summed E-state index contributed by atoms with van der Waals surface area (Å²) in [4.78, 5) is 96.8. The molecule has 334 valence electrons. The number of carbonyl (C=O) groups excluding carboxylic acids is 7. The number of nitrogens with two attached hydrogens (primary N) is 2. The minimum Gasteiger partial charge on any atom is -0.391 e. The van der Waals surface area contributed by atoms with Crippen LogP contribution < -0.4 is 32.7 Å². The zero-order chi connectivity index (χ0) is 45.1. The van der Waals surface area contributed by atoms with Crippen molar-refractivity contribution in [3.05, 3.63) is 34.9 Å². The van der Waals surface area contributed by atoms with E-state index in [0.29, 0.717) is 10.5 Å². The van der Waals surface area contributed by atoms with Gasteiger partial charge in [-0.05, 0) is 37.5 Å². The second-order valence-electron chi connectivity index (χ2n) is 15.9. The number of carbonyl (C=O) groups is 7. The third-order valence-corrected chi connectivity index (χ3v) is 11.2. The standard InChI is InChI=1S/C37H56N8O15/c1-13-5-6-17(7-14(13)2)29(52)30(53)26-34(57)41-25(21(48)10-23(39)50)37(60)45-11-15(3)28(51)27(45)35(58)43-33(56)22(49)9-19(38)31(54)40-24(16(4)46)36(59)44-12-18(47)8-20(44)32(55)42-26/h5-7,15-16,18-22,24-30,33,46-49,51-53,56H,8-12,38H2,1-4H3,(H2,39,50)(H,40,54)(H,41,57)(H,42,55)(H,43,58). The van der Waals surface area contributed by atoms with Gasteiger partial charge in [-0.15, -0.1) is 0 Å². The Balaban J connectivity index is 1.86. The molecule has 0 aromatic heterocycles. The number of fused-ring (bicyclic) bond motifs is 2. The highest BCUT2D eigenvalue weighted by atomic mass is 16.3. The lowest BCUT2D eigenvalue weighted by molar-refractivity contribution is -0.149. The maximum Gasteiger partial charge on any atom is 0.248 e. The van der Waals surface area contributed by atoms with Gasteiger partial charge in [0.1, 0.15) is 48.5 Å². The van der Waals surface area contributed by atoms with Crippen molar-refractivity contribution >= 4 is 41.4 Å². The van der Waals surface area contributed by atoms with Crippen molar-refractivity contribution in [1.29, 1.82) is 0 Å². The first-order chi connectivity index (χ1) is 27.9. The van der Waals surface area contributed by atoms with Crippen molar-refractivity contribution in [1.82, 2.24) is 31.1 Å². The molecule has 3 saturated heterocycles. The van der Waals surface area contributed by atoms with E-state index in [-0.39, 0.29) is 5.56 Å². The Labute approximate surface area is 344 Å². The molecule has 0 aliphatic carbocycles. The number of primary amides is 1. The van der Waals surface area contributed by atoms with E-state index >= 15 is 0 Å². The third kappa shape index (κ3) is 10.7. The number of aryl methyl sites for hydroxylation is 2. The number of aliphatic hydroxyl groups excluding tert-OH is 8. The predicted octanol–water partition coefficient (Wildman–Crippen LogP) is -7.53. The topological polar surface area (TPSA) is 388 Å². The first kappa shape index (κ1) is 47.8. The number of hydrogen-bond donors (Lipinski definition) is 14. The van der Waals surface area contributed by atoms with Gasteiger partial charge in [0.05, 0.1) is 36.9 Å². The number of rotatable bonds is 7. The molecule has 15 atom stereocenters. The molecular formula is C37H56N8O15. The Morgan fingerprint density at radius 1 is 0.783 bits per heavy atom. The van der Waals surface area contributed by atoms with Crippen LogP contribution in [-0.2, 0) is 33.6 Å². The van der Waals surface area contributed by atoms with E-state index < -0.39 is 165 Å². The summed E-state index contributed by atoms with van der Waals surface area (Å²) in [5.74, 6) is -9.51. The van der Waals surface area contributed by atoms with Crippen LogP contribution in [0.5, 0.6) is 0 Å². The summed E-state index contributed by atoms with van der Waals surface area (Å²) in [6.45, 7) is 5.07. The zero-order valence-electron chi connectivity index (χ0n) is 33.4. The molecule has 23 heteroatoms. The molecule has 0 bridgehead atoms. The number of hydrogen-bond acceptors (Lipinski definition) is 16. The van der Waals surface area contributed by atoms with Crippen LogP contribution in [0.1, 0.15) is 55.9 Å². The average Bonchev–Trinajstić information content (AvgIpc) is 3.71. The van der Waals surface area contributed by atoms with Crippen LogP contribution >= 0.6 is 0 Å². The van der Waals surface area contributed by atoms with Crippen molar-refractivity contribution in [2.45, 2.75) is 132 Å². The van der Waals surface area contributed by atoms with E-state index in [1.165, 1.54) is 19.1 Å². The fraction of sp³-hybridized carbons (Fsp3) is 0.649. The summed E-state index contributed by atoms with van der Waals surface area (Å²) < 4.78 is 0. The predicted molar refractivity (Wildman–Crippen MR) is 204 cm³/mol. The molecule has 0 radical (unpaired) electrons. The van der Waals surface area contributed by atoms with Crippen LogP contribution in [0.4, 0.5) is 0 Å². The molecule has 15 unspecified atom stereocenters. The van der Waals surface area contributed by atoms with E-state index in [9.17, 15) is 74.4 Å². The SMILES string of the molecule is Cc1ccc(C(O)C(O)C2NC(=O)C3CC(O)CN3C(=O)C(C(C)O)NC(=O)C(N)CC(O)C(O)NC(=O)C3C(O)C(C)CN3C(=O)C(C(O)CC(N)=O)NC2=O)cc1C. The van der Waals surface area contributed by atoms with Gasteiger partial charge in [-0.25, -0.2) is 0 Å². The number of amides is 7. The molecule has 23 nitrogen and oxygen atoms in total. The smallest absolute Gasteiger partial charge is 0.248 e. The van der Waals surface area contributed by atoms with Crippen LogP contribution in [0.2, 0.25) is 0 Å².